The number of carbonyl (C=O) groups excluding carboxylic acids is 1. The van der Waals surface area contributed by atoms with Crippen molar-refractivity contribution < 1.29 is 4.79 Å². The lowest BCUT2D eigenvalue weighted by atomic mass is 10.2. The molecule has 2 aromatic rings. The SMILES string of the molecule is O=C(NCc1ccc(Cl)cc1)c1ccccc1Br. The molecule has 18 heavy (non-hydrogen) atoms. The maximum Gasteiger partial charge on any atom is 0.252 e. The molecular weight excluding hydrogens is 314 g/mol. The van der Waals surface area contributed by atoms with E-state index >= 15 is 0 Å². The predicted molar refractivity (Wildman–Crippen MR) is 76.8 cm³/mol. The Morgan fingerprint density at radius 1 is 1.11 bits per heavy atom. The molecule has 92 valence electrons. The Morgan fingerprint density at radius 3 is 2.44 bits per heavy atom. The summed E-state index contributed by atoms with van der Waals surface area (Å²) in [4.78, 5) is 11.9. The van der Waals surface area contributed by atoms with Crippen LogP contribution in [-0.2, 0) is 6.54 Å². The normalized spacial score (nSPS) is 10.1. The highest BCUT2D eigenvalue weighted by Gasteiger charge is 2.08. The molecule has 0 fully saturated rings. The topological polar surface area (TPSA) is 29.1 Å². The van der Waals surface area contributed by atoms with E-state index in [1.807, 2.05) is 42.5 Å². The molecule has 0 spiro atoms. The number of carbonyl (C=O) groups is 1. The zero-order chi connectivity index (χ0) is 13.0. The van der Waals surface area contributed by atoms with Crippen LogP contribution in [0.5, 0.6) is 0 Å². The summed E-state index contributed by atoms with van der Waals surface area (Å²) in [6, 6.07) is 14.7. The quantitative estimate of drug-likeness (QED) is 0.907. The largest absolute Gasteiger partial charge is 0.348 e. The van der Waals surface area contributed by atoms with Crippen LogP contribution in [0.4, 0.5) is 0 Å². The molecule has 1 amide bonds. The first kappa shape index (κ1) is 13.1. The van der Waals surface area contributed by atoms with Gasteiger partial charge in [0.2, 0.25) is 0 Å². The third-order valence-corrected chi connectivity index (χ3v) is 3.43. The van der Waals surface area contributed by atoms with Crippen molar-refractivity contribution in [2.24, 2.45) is 0 Å². The van der Waals surface area contributed by atoms with Gasteiger partial charge in [-0.05, 0) is 45.8 Å². The van der Waals surface area contributed by atoms with E-state index in [1.165, 1.54) is 0 Å². The molecule has 0 radical (unpaired) electrons. The number of nitrogens with one attached hydrogen (secondary N) is 1. The molecule has 0 bridgehead atoms. The molecule has 0 unspecified atom stereocenters. The monoisotopic (exact) mass is 323 g/mol. The average molecular weight is 325 g/mol. The van der Waals surface area contributed by atoms with Gasteiger partial charge in [0.25, 0.3) is 5.91 Å². The molecular formula is C14H11BrClNO. The Balaban J connectivity index is 2.01. The Bertz CT molecular complexity index is 554. The fraction of sp³-hybridized carbons (Fsp3) is 0.0714. The van der Waals surface area contributed by atoms with Crippen molar-refractivity contribution in [3.63, 3.8) is 0 Å². The van der Waals surface area contributed by atoms with E-state index < -0.39 is 0 Å². The van der Waals surface area contributed by atoms with Crippen LogP contribution in [0.1, 0.15) is 15.9 Å². The molecule has 0 heterocycles. The highest BCUT2D eigenvalue weighted by molar-refractivity contribution is 9.10. The maximum absolute atomic E-state index is 11.9. The van der Waals surface area contributed by atoms with Crippen LogP contribution >= 0.6 is 27.5 Å². The van der Waals surface area contributed by atoms with Gasteiger partial charge in [0.05, 0.1) is 5.56 Å². The van der Waals surface area contributed by atoms with Crippen LogP contribution in [0.2, 0.25) is 5.02 Å². The van der Waals surface area contributed by atoms with E-state index in [0.29, 0.717) is 17.1 Å². The fourth-order valence-corrected chi connectivity index (χ4v) is 2.12. The van der Waals surface area contributed by atoms with E-state index in [-0.39, 0.29) is 5.91 Å². The molecule has 2 nitrogen and oxygen atoms in total. The number of halogens is 2. The number of amides is 1. The standard InChI is InChI=1S/C14H11BrClNO/c15-13-4-2-1-3-12(13)14(18)17-9-10-5-7-11(16)8-6-10/h1-8H,9H2,(H,17,18). The summed E-state index contributed by atoms with van der Waals surface area (Å²) >= 11 is 9.15. The molecule has 0 aromatic heterocycles. The Kier molecular flexibility index (Phi) is 4.39. The second-order valence-electron chi connectivity index (χ2n) is 3.79. The summed E-state index contributed by atoms with van der Waals surface area (Å²) in [5.74, 6) is -0.0996. The highest BCUT2D eigenvalue weighted by Crippen LogP contribution is 2.16. The lowest BCUT2D eigenvalue weighted by Crippen LogP contribution is -2.23. The number of hydrogen-bond donors (Lipinski definition) is 1. The zero-order valence-corrected chi connectivity index (χ0v) is 11.8. The first-order valence-corrected chi connectivity index (χ1v) is 6.61. The first-order chi connectivity index (χ1) is 8.66. The van der Waals surface area contributed by atoms with Gasteiger partial charge in [0.15, 0.2) is 0 Å². The molecule has 0 aliphatic carbocycles. The molecule has 0 aliphatic rings. The van der Waals surface area contributed by atoms with Crippen molar-refractivity contribution in [1.29, 1.82) is 0 Å². The Labute approximate surface area is 119 Å². The molecule has 0 saturated carbocycles. The second kappa shape index (κ2) is 6.03. The van der Waals surface area contributed by atoms with Gasteiger partial charge in [-0.25, -0.2) is 0 Å². The molecule has 0 atom stereocenters. The van der Waals surface area contributed by atoms with Gasteiger partial charge in [-0.15, -0.1) is 0 Å². The second-order valence-corrected chi connectivity index (χ2v) is 5.08. The molecule has 0 saturated heterocycles. The van der Waals surface area contributed by atoms with Crippen molar-refractivity contribution in [1.82, 2.24) is 5.32 Å². The summed E-state index contributed by atoms with van der Waals surface area (Å²) in [6.07, 6.45) is 0. The summed E-state index contributed by atoms with van der Waals surface area (Å²) < 4.78 is 0.790. The third-order valence-electron chi connectivity index (χ3n) is 2.48. The van der Waals surface area contributed by atoms with E-state index in [0.717, 1.165) is 10.0 Å². The number of rotatable bonds is 3. The molecule has 1 N–H and O–H groups in total. The van der Waals surface area contributed by atoms with Gasteiger partial charge in [0.1, 0.15) is 0 Å². The van der Waals surface area contributed by atoms with Crippen LogP contribution in [0.25, 0.3) is 0 Å². The molecule has 2 aromatic carbocycles. The minimum Gasteiger partial charge on any atom is -0.348 e. The first-order valence-electron chi connectivity index (χ1n) is 5.44. The van der Waals surface area contributed by atoms with Crippen molar-refractivity contribution >= 4 is 33.4 Å². The number of benzene rings is 2. The van der Waals surface area contributed by atoms with Crippen LogP contribution in [-0.4, -0.2) is 5.91 Å². The molecule has 4 heteroatoms. The van der Waals surface area contributed by atoms with Gasteiger partial charge >= 0.3 is 0 Å². The number of hydrogen-bond acceptors (Lipinski definition) is 1. The van der Waals surface area contributed by atoms with Crippen LogP contribution in [0.3, 0.4) is 0 Å². The van der Waals surface area contributed by atoms with E-state index in [2.05, 4.69) is 21.2 Å². The van der Waals surface area contributed by atoms with Crippen molar-refractivity contribution in [2.45, 2.75) is 6.54 Å². The van der Waals surface area contributed by atoms with Gasteiger partial charge in [-0.2, -0.15) is 0 Å². The van der Waals surface area contributed by atoms with Crippen LogP contribution in [0, 0.1) is 0 Å². The maximum atomic E-state index is 11.9. The lowest BCUT2D eigenvalue weighted by molar-refractivity contribution is 0.0950. The Hall–Kier alpha value is -1.32. The van der Waals surface area contributed by atoms with E-state index in [9.17, 15) is 4.79 Å². The van der Waals surface area contributed by atoms with E-state index in [1.54, 1.807) is 6.07 Å². The lowest BCUT2D eigenvalue weighted by Gasteiger charge is -2.07. The minimum atomic E-state index is -0.0996. The van der Waals surface area contributed by atoms with Gasteiger partial charge in [0, 0.05) is 16.0 Å². The average Bonchev–Trinajstić information content (AvgIpc) is 2.38. The highest BCUT2D eigenvalue weighted by atomic mass is 79.9. The van der Waals surface area contributed by atoms with Crippen molar-refractivity contribution in [3.05, 3.63) is 69.2 Å². The van der Waals surface area contributed by atoms with E-state index in [4.69, 9.17) is 11.6 Å². The van der Waals surface area contributed by atoms with Gasteiger partial charge < -0.3 is 5.32 Å². The summed E-state index contributed by atoms with van der Waals surface area (Å²) in [6.45, 7) is 0.483. The molecule has 0 aliphatic heterocycles. The van der Waals surface area contributed by atoms with Crippen LogP contribution < -0.4 is 5.32 Å². The fourth-order valence-electron chi connectivity index (χ4n) is 1.53. The van der Waals surface area contributed by atoms with Crippen LogP contribution in [0.15, 0.2) is 53.0 Å². The van der Waals surface area contributed by atoms with Gasteiger partial charge in [-0.1, -0.05) is 35.9 Å². The van der Waals surface area contributed by atoms with Crippen molar-refractivity contribution in [3.8, 4) is 0 Å². The molecule has 2 rings (SSSR count). The summed E-state index contributed by atoms with van der Waals surface area (Å²) in [5.41, 5.74) is 1.64. The smallest absolute Gasteiger partial charge is 0.252 e. The Morgan fingerprint density at radius 2 is 1.78 bits per heavy atom. The minimum absolute atomic E-state index is 0.0996. The zero-order valence-electron chi connectivity index (χ0n) is 9.49. The predicted octanol–water partition coefficient (Wildman–Crippen LogP) is 4.03. The van der Waals surface area contributed by atoms with Gasteiger partial charge in [-0.3, -0.25) is 4.79 Å². The summed E-state index contributed by atoms with van der Waals surface area (Å²) in [7, 11) is 0. The third kappa shape index (κ3) is 3.34. The van der Waals surface area contributed by atoms with Crippen molar-refractivity contribution in [2.75, 3.05) is 0 Å². The summed E-state index contributed by atoms with van der Waals surface area (Å²) in [5, 5.41) is 3.55.